The second kappa shape index (κ2) is 19.0. The van der Waals surface area contributed by atoms with Gasteiger partial charge in [-0.2, -0.15) is 12.6 Å². The van der Waals surface area contributed by atoms with E-state index in [1.165, 1.54) is 89.9 Å². The maximum absolute atomic E-state index is 10.0. The summed E-state index contributed by atoms with van der Waals surface area (Å²) in [6.07, 6.45) is 22.9. The summed E-state index contributed by atoms with van der Waals surface area (Å²) >= 11 is 4.23. The summed E-state index contributed by atoms with van der Waals surface area (Å²) in [5, 5.41) is 0. The first-order valence-electron chi connectivity index (χ1n) is 8.87. The Hall–Kier alpha value is 0.0200. The highest BCUT2D eigenvalue weighted by molar-refractivity contribution is 7.80. The predicted octanol–water partition coefficient (Wildman–Crippen LogP) is 6.27. The van der Waals surface area contributed by atoms with Crippen LogP contribution in [0.1, 0.15) is 103 Å². The van der Waals surface area contributed by atoms with Crippen molar-refractivity contribution in [3.8, 4) is 0 Å². The molecule has 0 aliphatic heterocycles. The van der Waals surface area contributed by atoms with Gasteiger partial charge < -0.3 is 0 Å². The number of rotatable bonds is 17. The number of hydrogen-bond acceptors (Lipinski definition) is 2. The fraction of sp³-hybridized carbons (Fsp3) is 0.944. The molecule has 0 unspecified atom stereocenters. The van der Waals surface area contributed by atoms with Crippen molar-refractivity contribution in [3.05, 3.63) is 0 Å². The van der Waals surface area contributed by atoms with Gasteiger partial charge in [0.2, 0.25) is 0 Å². The minimum atomic E-state index is 0.634. The minimum Gasteiger partial charge on any atom is -0.291 e. The number of hydrogen-bond donors (Lipinski definition) is 1. The van der Waals surface area contributed by atoms with Crippen molar-refractivity contribution in [1.29, 1.82) is 0 Å². The number of unbranched alkanes of at least 4 members (excludes halogenated alkanes) is 15. The summed E-state index contributed by atoms with van der Waals surface area (Å²) in [5.41, 5.74) is 0. The quantitative estimate of drug-likeness (QED) is 0.247. The van der Waals surface area contributed by atoms with E-state index in [-0.39, 0.29) is 0 Å². The molecule has 0 atom stereocenters. The molecule has 0 fully saturated rings. The monoisotopic (exact) mass is 299 g/mol. The summed E-state index contributed by atoms with van der Waals surface area (Å²) < 4.78 is 0. The second-order valence-corrected chi connectivity index (χ2v) is 6.37. The van der Waals surface area contributed by atoms with E-state index in [2.05, 4.69) is 12.6 Å². The van der Waals surface area contributed by atoms with Crippen LogP contribution < -0.4 is 0 Å². The second-order valence-electron chi connectivity index (χ2n) is 5.92. The Bertz CT molecular complexity index is 182. The molecule has 0 N–H and O–H groups in total. The molecular formula is C18H35OS. The van der Waals surface area contributed by atoms with E-state index in [1.54, 1.807) is 0 Å². The Morgan fingerprint density at radius 2 is 0.800 bits per heavy atom. The van der Waals surface area contributed by atoms with Crippen molar-refractivity contribution in [2.75, 3.05) is 5.75 Å². The molecule has 0 aromatic heterocycles. The Labute approximate surface area is 132 Å². The van der Waals surface area contributed by atoms with Crippen molar-refractivity contribution in [2.45, 2.75) is 103 Å². The third-order valence-corrected chi connectivity index (χ3v) is 4.25. The molecule has 0 aliphatic carbocycles. The third kappa shape index (κ3) is 18.0. The fourth-order valence-electron chi connectivity index (χ4n) is 2.61. The van der Waals surface area contributed by atoms with Gasteiger partial charge in [0.05, 0.1) is 0 Å². The lowest BCUT2D eigenvalue weighted by Gasteiger charge is -2.03. The van der Waals surface area contributed by atoms with Crippen molar-refractivity contribution in [1.82, 2.24) is 0 Å². The van der Waals surface area contributed by atoms with Crippen LogP contribution in [0.3, 0.4) is 0 Å². The highest BCUT2D eigenvalue weighted by atomic mass is 32.1. The van der Waals surface area contributed by atoms with Crippen LogP contribution in [0.2, 0.25) is 0 Å². The lowest BCUT2D eigenvalue weighted by Crippen LogP contribution is -1.84. The topological polar surface area (TPSA) is 17.1 Å². The van der Waals surface area contributed by atoms with Crippen LogP contribution in [-0.4, -0.2) is 12.0 Å². The van der Waals surface area contributed by atoms with E-state index in [9.17, 15) is 4.79 Å². The molecule has 1 nitrogen and oxygen atoms in total. The van der Waals surface area contributed by atoms with Gasteiger partial charge in [-0.1, -0.05) is 83.5 Å². The standard InChI is InChI=1S/C18H35OS/c19-17-15-13-11-9-7-5-3-1-2-4-6-8-10-12-14-16-18-20/h20H,1-16,18H2. The van der Waals surface area contributed by atoms with E-state index in [0.717, 1.165) is 12.2 Å². The minimum absolute atomic E-state index is 0.634. The lowest BCUT2D eigenvalue weighted by atomic mass is 10.0. The van der Waals surface area contributed by atoms with Crippen LogP contribution in [0, 0.1) is 0 Å². The molecule has 0 aromatic rings. The number of thiol groups is 1. The largest absolute Gasteiger partial charge is 0.291 e. The van der Waals surface area contributed by atoms with Crippen LogP contribution in [-0.2, 0) is 4.79 Å². The van der Waals surface area contributed by atoms with E-state index in [4.69, 9.17) is 0 Å². The zero-order chi connectivity index (χ0) is 14.7. The molecule has 0 saturated heterocycles. The maximum atomic E-state index is 10.0. The molecule has 0 saturated carbocycles. The lowest BCUT2D eigenvalue weighted by molar-refractivity contribution is 0.527. The van der Waals surface area contributed by atoms with Crippen LogP contribution in [0.4, 0.5) is 0 Å². The van der Waals surface area contributed by atoms with Crippen LogP contribution in [0.25, 0.3) is 0 Å². The predicted molar refractivity (Wildman–Crippen MR) is 93.4 cm³/mol. The zero-order valence-electron chi connectivity index (χ0n) is 13.4. The van der Waals surface area contributed by atoms with Gasteiger partial charge in [0.25, 0.3) is 0 Å². The Morgan fingerprint density at radius 1 is 0.500 bits per heavy atom. The molecule has 0 aliphatic rings. The van der Waals surface area contributed by atoms with Gasteiger partial charge in [-0.05, 0) is 18.6 Å². The van der Waals surface area contributed by atoms with Crippen molar-refractivity contribution in [3.63, 3.8) is 0 Å². The molecule has 0 spiro atoms. The summed E-state index contributed by atoms with van der Waals surface area (Å²) in [6, 6.07) is 0. The first kappa shape index (κ1) is 20.0. The average molecular weight is 300 g/mol. The van der Waals surface area contributed by atoms with Gasteiger partial charge in [-0.25, -0.2) is 0 Å². The first-order valence-corrected chi connectivity index (χ1v) is 9.51. The SMILES string of the molecule is O=[C]CCCCCCCCCCCCCCCCCS. The Morgan fingerprint density at radius 3 is 1.10 bits per heavy atom. The maximum Gasteiger partial charge on any atom is 0.198 e. The van der Waals surface area contributed by atoms with Gasteiger partial charge in [0.15, 0.2) is 6.29 Å². The van der Waals surface area contributed by atoms with Crippen molar-refractivity contribution in [2.24, 2.45) is 0 Å². The van der Waals surface area contributed by atoms with E-state index in [1.807, 2.05) is 6.29 Å². The molecule has 0 rings (SSSR count). The van der Waals surface area contributed by atoms with Crippen molar-refractivity contribution >= 4 is 18.9 Å². The van der Waals surface area contributed by atoms with Gasteiger partial charge in [0.1, 0.15) is 0 Å². The molecule has 0 aromatic carbocycles. The molecule has 1 radical (unpaired) electrons. The fourth-order valence-corrected chi connectivity index (χ4v) is 2.83. The summed E-state index contributed by atoms with van der Waals surface area (Å²) in [7, 11) is 0. The Balaban J connectivity index is 2.90. The van der Waals surface area contributed by atoms with Crippen LogP contribution >= 0.6 is 12.6 Å². The third-order valence-electron chi connectivity index (χ3n) is 3.94. The number of carbonyl (C=O) groups excluding carboxylic acids is 1. The molecule has 119 valence electrons. The average Bonchev–Trinajstić information content (AvgIpc) is 2.47. The van der Waals surface area contributed by atoms with Gasteiger partial charge in [0, 0.05) is 6.42 Å². The van der Waals surface area contributed by atoms with Gasteiger partial charge in [-0.3, -0.25) is 4.79 Å². The zero-order valence-corrected chi connectivity index (χ0v) is 14.3. The van der Waals surface area contributed by atoms with Crippen LogP contribution in [0.5, 0.6) is 0 Å². The van der Waals surface area contributed by atoms with Gasteiger partial charge >= 0.3 is 0 Å². The molecule has 2 heteroatoms. The summed E-state index contributed by atoms with van der Waals surface area (Å²) in [6.45, 7) is 0. The molecule has 20 heavy (non-hydrogen) atoms. The Kier molecular flexibility index (Phi) is 19.0. The summed E-state index contributed by atoms with van der Waals surface area (Å²) in [5.74, 6) is 1.05. The summed E-state index contributed by atoms with van der Waals surface area (Å²) in [4.78, 5) is 10.0. The molecule has 0 amide bonds. The highest BCUT2D eigenvalue weighted by Crippen LogP contribution is 2.13. The normalized spacial score (nSPS) is 10.8. The van der Waals surface area contributed by atoms with Gasteiger partial charge in [-0.15, -0.1) is 0 Å². The molecule has 0 bridgehead atoms. The van der Waals surface area contributed by atoms with E-state index >= 15 is 0 Å². The van der Waals surface area contributed by atoms with Crippen molar-refractivity contribution < 1.29 is 4.79 Å². The first-order chi connectivity index (χ1) is 9.91. The van der Waals surface area contributed by atoms with E-state index < -0.39 is 0 Å². The highest BCUT2D eigenvalue weighted by Gasteiger charge is 1.94. The smallest absolute Gasteiger partial charge is 0.198 e. The molecular weight excluding hydrogens is 264 g/mol. The molecule has 0 heterocycles. The van der Waals surface area contributed by atoms with Crippen LogP contribution in [0.15, 0.2) is 0 Å². The van der Waals surface area contributed by atoms with E-state index in [0.29, 0.717) is 6.42 Å².